The molecule has 0 unspecified atom stereocenters. The van der Waals surface area contributed by atoms with E-state index in [9.17, 15) is 5.11 Å². The van der Waals surface area contributed by atoms with E-state index < -0.39 is 5.60 Å². The number of aliphatic hydroxyl groups is 1. The van der Waals surface area contributed by atoms with Crippen molar-refractivity contribution in [3.05, 3.63) is 35.4 Å². The predicted molar refractivity (Wildman–Crippen MR) is 44.3 cm³/mol. The molecule has 2 heteroatoms. The number of rotatable bonds is 1. The van der Waals surface area contributed by atoms with Crippen molar-refractivity contribution < 1.29 is 5.11 Å². The first-order valence-corrected chi connectivity index (χ1v) is 3.98. The standard InChI is InChI=1S/C10H9NO/c11-7-8-1-3-9(4-2-8)10(12)5-6-10/h1-4,12H,5-6H2. The molecule has 2 rings (SSSR count). The summed E-state index contributed by atoms with van der Waals surface area (Å²) in [6.45, 7) is 0. The molecule has 0 saturated heterocycles. The zero-order valence-corrected chi connectivity index (χ0v) is 6.62. The molecule has 60 valence electrons. The predicted octanol–water partition coefficient (Wildman–Crippen LogP) is 1.54. The van der Waals surface area contributed by atoms with Gasteiger partial charge in [-0.2, -0.15) is 5.26 Å². The summed E-state index contributed by atoms with van der Waals surface area (Å²) in [4.78, 5) is 0. The van der Waals surface area contributed by atoms with E-state index in [1.165, 1.54) is 0 Å². The number of hydrogen-bond donors (Lipinski definition) is 1. The van der Waals surface area contributed by atoms with Gasteiger partial charge in [0.1, 0.15) is 0 Å². The van der Waals surface area contributed by atoms with Gasteiger partial charge in [0.15, 0.2) is 0 Å². The van der Waals surface area contributed by atoms with Gasteiger partial charge >= 0.3 is 0 Å². The van der Waals surface area contributed by atoms with Gasteiger partial charge in [-0.05, 0) is 30.5 Å². The minimum atomic E-state index is -0.575. The van der Waals surface area contributed by atoms with Gasteiger partial charge < -0.3 is 5.11 Å². The summed E-state index contributed by atoms with van der Waals surface area (Å²) in [6.07, 6.45) is 1.69. The van der Waals surface area contributed by atoms with Crippen LogP contribution in [0.15, 0.2) is 24.3 Å². The Bertz CT molecular complexity index is 330. The van der Waals surface area contributed by atoms with E-state index in [0.29, 0.717) is 5.56 Å². The van der Waals surface area contributed by atoms with Crippen molar-refractivity contribution in [2.75, 3.05) is 0 Å². The molecule has 12 heavy (non-hydrogen) atoms. The van der Waals surface area contributed by atoms with Crippen LogP contribution in [0.4, 0.5) is 0 Å². The van der Waals surface area contributed by atoms with Gasteiger partial charge in [-0.1, -0.05) is 12.1 Å². The molecule has 2 nitrogen and oxygen atoms in total. The molecule has 0 aliphatic heterocycles. The van der Waals surface area contributed by atoms with Crippen molar-refractivity contribution in [3.63, 3.8) is 0 Å². The fourth-order valence-corrected chi connectivity index (χ4v) is 1.26. The minimum Gasteiger partial charge on any atom is -0.385 e. The lowest BCUT2D eigenvalue weighted by Gasteiger charge is -2.06. The third-order valence-corrected chi connectivity index (χ3v) is 2.27. The fraction of sp³-hybridized carbons (Fsp3) is 0.300. The molecule has 0 radical (unpaired) electrons. The average molecular weight is 159 g/mol. The van der Waals surface area contributed by atoms with Crippen molar-refractivity contribution in [1.29, 1.82) is 5.26 Å². The van der Waals surface area contributed by atoms with Crippen LogP contribution in [0.3, 0.4) is 0 Å². The molecule has 1 saturated carbocycles. The smallest absolute Gasteiger partial charge is 0.0991 e. The molecule has 0 bridgehead atoms. The molecule has 1 fully saturated rings. The molecule has 0 heterocycles. The first-order valence-electron chi connectivity index (χ1n) is 3.98. The van der Waals surface area contributed by atoms with Crippen LogP contribution in [-0.2, 0) is 5.60 Å². The number of nitrogens with zero attached hydrogens (tertiary/aromatic N) is 1. The van der Waals surface area contributed by atoms with Crippen LogP contribution in [0.5, 0.6) is 0 Å². The topological polar surface area (TPSA) is 44.0 Å². The monoisotopic (exact) mass is 159 g/mol. The zero-order valence-electron chi connectivity index (χ0n) is 6.62. The Kier molecular flexibility index (Phi) is 1.42. The fourth-order valence-electron chi connectivity index (χ4n) is 1.26. The molecule has 1 aliphatic rings. The highest BCUT2D eigenvalue weighted by molar-refractivity contribution is 5.35. The van der Waals surface area contributed by atoms with Crippen molar-refractivity contribution in [3.8, 4) is 6.07 Å². The van der Waals surface area contributed by atoms with Crippen LogP contribution in [0.2, 0.25) is 0 Å². The van der Waals surface area contributed by atoms with Gasteiger partial charge in [-0.3, -0.25) is 0 Å². The van der Waals surface area contributed by atoms with Gasteiger partial charge in [-0.15, -0.1) is 0 Å². The maximum absolute atomic E-state index is 9.68. The van der Waals surface area contributed by atoms with Gasteiger partial charge in [0, 0.05) is 0 Å². The minimum absolute atomic E-state index is 0.575. The summed E-state index contributed by atoms with van der Waals surface area (Å²) >= 11 is 0. The van der Waals surface area contributed by atoms with E-state index in [0.717, 1.165) is 18.4 Å². The average Bonchev–Trinajstić information content (AvgIpc) is 2.85. The number of benzene rings is 1. The Balaban J connectivity index is 2.32. The Morgan fingerprint density at radius 2 is 1.83 bits per heavy atom. The second-order valence-corrected chi connectivity index (χ2v) is 3.22. The van der Waals surface area contributed by atoms with Gasteiger partial charge in [-0.25, -0.2) is 0 Å². The van der Waals surface area contributed by atoms with E-state index in [-0.39, 0.29) is 0 Å². The Morgan fingerprint density at radius 1 is 1.25 bits per heavy atom. The first kappa shape index (κ1) is 7.33. The van der Waals surface area contributed by atoms with Crippen LogP contribution >= 0.6 is 0 Å². The van der Waals surface area contributed by atoms with Crippen LogP contribution in [0, 0.1) is 11.3 Å². The van der Waals surface area contributed by atoms with Crippen molar-refractivity contribution in [2.24, 2.45) is 0 Å². The maximum Gasteiger partial charge on any atom is 0.0991 e. The summed E-state index contributed by atoms with van der Waals surface area (Å²) < 4.78 is 0. The summed E-state index contributed by atoms with van der Waals surface area (Å²) in [5, 5.41) is 18.2. The zero-order chi connectivity index (χ0) is 8.60. The summed E-state index contributed by atoms with van der Waals surface area (Å²) in [5.74, 6) is 0. The van der Waals surface area contributed by atoms with Crippen LogP contribution in [0.1, 0.15) is 24.0 Å². The lowest BCUT2D eigenvalue weighted by atomic mass is 10.1. The summed E-state index contributed by atoms with van der Waals surface area (Å²) in [5.41, 5.74) is 0.998. The third-order valence-electron chi connectivity index (χ3n) is 2.27. The maximum atomic E-state index is 9.68. The summed E-state index contributed by atoms with van der Waals surface area (Å²) in [7, 11) is 0. The van der Waals surface area contributed by atoms with Crippen LogP contribution in [0.25, 0.3) is 0 Å². The molecular weight excluding hydrogens is 150 g/mol. The second kappa shape index (κ2) is 2.33. The van der Waals surface area contributed by atoms with E-state index in [4.69, 9.17) is 5.26 Å². The van der Waals surface area contributed by atoms with E-state index in [2.05, 4.69) is 0 Å². The number of nitriles is 1. The van der Waals surface area contributed by atoms with Crippen LogP contribution in [-0.4, -0.2) is 5.11 Å². The van der Waals surface area contributed by atoms with Crippen molar-refractivity contribution in [1.82, 2.24) is 0 Å². The quantitative estimate of drug-likeness (QED) is 0.675. The van der Waals surface area contributed by atoms with E-state index >= 15 is 0 Å². The highest BCUT2D eigenvalue weighted by Crippen LogP contribution is 2.44. The van der Waals surface area contributed by atoms with Crippen molar-refractivity contribution in [2.45, 2.75) is 18.4 Å². The molecular formula is C10H9NO. The molecule has 0 aromatic heterocycles. The van der Waals surface area contributed by atoms with Gasteiger partial charge in [0.25, 0.3) is 0 Å². The number of hydrogen-bond acceptors (Lipinski definition) is 2. The third kappa shape index (κ3) is 1.09. The molecule has 1 aromatic rings. The Hall–Kier alpha value is -1.33. The molecule has 0 spiro atoms. The lowest BCUT2D eigenvalue weighted by Crippen LogP contribution is -2.03. The Labute approximate surface area is 71.1 Å². The largest absolute Gasteiger partial charge is 0.385 e. The normalized spacial score (nSPS) is 18.3. The first-order chi connectivity index (χ1) is 5.74. The summed E-state index contributed by atoms with van der Waals surface area (Å²) in [6, 6.07) is 9.18. The van der Waals surface area contributed by atoms with E-state index in [1.807, 2.05) is 18.2 Å². The van der Waals surface area contributed by atoms with Crippen LogP contribution < -0.4 is 0 Å². The van der Waals surface area contributed by atoms with Crippen molar-refractivity contribution >= 4 is 0 Å². The molecule has 1 aliphatic carbocycles. The van der Waals surface area contributed by atoms with Gasteiger partial charge in [0.05, 0.1) is 17.2 Å². The Morgan fingerprint density at radius 3 is 2.25 bits per heavy atom. The van der Waals surface area contributed by atoms with E-state index in [1.54, 1.807) is 12.1 Å². The lowest BCUT2D eigenvalue weighted by molar-refractivity contribution is 0.151. The molecule has 0 amide bonds. The highest BCUT2D eigenvalue weighted by Gasteiger charge is 2.41. The molecule has 1 N–H and O–H groups in total. The SMILES string of the molecule is N#Cc1ccc(C2(O)CC2)cc1. The highest BCUT2D eigenvalue weighted by atomic mass is 16.3. The molecule has 0 atom stereocenters. The second-order valence-electron chi connectivity index (χ2n) is 3.22. The van der Waals surface area contributed by atoms with Gasteiger partial charge in [0.2, 0.25) is 0 Å². The molecule has 1 aromatic carbocycles.